The number of carbonyl (C=O) groups is 2. The first kappa shape index (κ1) is 16.1. The standard InChI is InChI=1S/C18H16N2O3S/c1-19(13-7-3-2-4-8-13)18(24)23-12-11-20-16(21)14-9-5-6-10-15(14)17(20)22/h2-10H,11-12H2,1H3. The Morgan fingerprint density at radius 3 is 2.12 bits per heavy atom. The van der Waals surface area contributed by atoms with E-state index in [4.69, 9.17) is 17.0 Å². The van der Waals surface area contributed by atoms with E-state index in [1.165, 1.54) is 4.90 Å². The molecule has 122 valence electrons. The lowest BCUT2D eigenvalue weighted by atomic mass is 10.1. The molecular formula is C18H16N2O3S. The maximum atomic E-state index is 12.2. The Morgan fingerprint density at radius 1 is 1.00 bits per heavy atom. The number of hydrogen-bond acceptors (Lipinski definition) is 4. The van der Waals surface area contributed by atoms with Crippen LogP contribution in [0.3, 0.4) is 0 Å². The number of anilines is 1. The van der Waals surface area contributed by atoms with Gasteiger partial charge in [-0.05, 0) is 36.5 Å². The van der Waals surface area contributed by atoms with Crippen LogP contribution in [-0.4, -0.2) is 42.1 Å². The van der Waals surface area contributed by atoms with E-state index in [0.29, 0.717) is 11.1 Å². The van der Waals surface area contributed by atoms with Crippen molar-refractivity contribution in [3.8, 4) is 0 Å². The number of rotatable bonds is 4. The second-order valence-electron chi connectivity index (χ2n) is 5.32. The summed E-state index contributed by atoms with van der Waals surface area (Å²) in [7, 11) is 1.81. The molecule has 0 spiro atoms. The first-order chi connectivity index (χ1) is 11.6. The third kappa shape index (κ3) is 3.00. The van der Waals surface area contributed by atoms with E-state index in [1.54, 1.807) is 36.2 Å². The molecule has 2 aromatic rings. The number of ether oxygens (including phenoxy) is 1. The first-order valence-electron chi connectivity index (χ1n) is 7.50. The minimum Gasteiger partial charge on any atom is -0.469 e. The van der Waals surface area contributed by atoms with Crippen molar-refractivity contribution in [2.45, 2.75) is 0 Å². The van der Waals surface area contributed by atoms with Crippen molar-refractivity contribution in [1.82, 2.24) is 4.90 Å². The van der Waals surface area contributed by atoms with Gasteiger partial charge in [0.1, 0.15) is 6.61 Å². The Morgan fingerprint density at radius 2 is 1.54 bits per heavy atom. The molecule has 0 fully saturated rings. The number of hydrogen-bond donors (Lipinski definition) is 0. The van der Waals surface area contributed by atoms with Gasteiger partial charge in [0.15, 0.2) is 0 Å². The Kier molecular flexibility index (Phi) is 4.57. The highest BCUT2D eigenvalue weighted by atomic mass is 32.1. The number of amides is 2. The van der Waals surface area contributed by atoms with Gasteiger partial charge in [0.05, 0.1) is 17.7 Å². The molecule has 1 aliphatic rings. The van der Waals surface area contributed by atoms with Crippen LogP contribution >= 0.6 is 12.2 Å². The Balaban J connectivity index is 1.57. The van der Waals surface area contributed by atoms with Gasteiger partial charge in [0.2, 0.25) is 0 Å². The summed E-state index contributed by atoms with van der Waals surface area (Å²) in [5, 5.41) is 0.290. The van der Waals surface area contributed by atoms with E-state index in [2.05, 4.69) is 0 Å². The zero-order valence-electron chi connectivity index (χ0n) is 13.1. The minimum atomic E-state index is -0.290. The van der Waals surface area contributed by atoms with Crippen LogP contribution < -0.4 is 4.90 Å². The Labute approximate surface area is 145 Å². The van der Waals surface area contributed by atoms with Crippen LogP contribution in [0.15, 0.2) is 54.6 Å². The van der Waals surface area contributed by atoms with E-state index >= 15 is 0 Å². The van der Waals surface area contributed by atoms with Crippen LogP contribution in [0.25, 0.3) is 0 Å². The van der Waals surface area contributed by atoms with Gasteiger partial charge < -0.3 is 9.64 Å². The normalized spacial score (nSPS) is 13.0. The fourth-order valence-electron chi connectivity index (χ4n) is 2.52. The van der Waals surface area contributed by atoms with Crippen molar-refractivity contribution in [2.75, 3.05) is 25.1 Å². The van der Waals surface area contributed by atoms with Gasteiger partial charge in [0, 0.05) is 12.7 Å². The fourth-order valence-corrected chi connectivity index (χ4v) is 2.71. The van der Waals surface area contributed by atoms with Gasteiger partial charge in [-0.1, -0.05) is 30.3 Å². The summed E-state index contributed by atoms with van der Waals surface area (Å²) in [6, 6.07) is 16.4. The number of nitrogens with zero attached hydrogens (tertiary/aromatic N) is 2. The molecule has 3 rings (SSSR count). The Hall–Kier alpha value is -2.73. The van der Waals surface area contributed by atoms with Crippen molar-refractivity contribution in [3.63, 3.8) is 0 Å². The molecule has 6 heteroatoms. The highest BCUT2D eigenvalue weighted by molar-refractivity contribution is 7.80. The molecular weight excluding hydrogens is 324 g/mol. The molecule has 0 radical (unpaired) electrons. The SMILES string of the molecule is CN(C(=S)OCCN1C(=O)c2ccccc2C1=O)c1ccccc1. The van der Waals surface area contributed by atoms with Crippen LogP contribution in [0.1, 0.15) is 20.7 Å². The minimum absolute atomic E-state index is 0.154. The lowest BCUT2D eigenvalue weighted by Crippen LogP contribution is -2.35. The van der Waals surface area contributed by atoms with Gasteiger partial charge in [-0.15, -0.1) is 0 Å². The topological polar surface area (TPSA) is 49.9 Å². The largest absolute Gasteiger partial charge is 0.469 e. The van der Waals surface area contributed by atoms with Gasteiger partial charge in [0.25, 0.3) is 17.0 Å². The highest BCUT2D eigenvalue weighted by Gasteiger charge is 2.34. The number of imide groups is 1. The third-order valence-electron chi connectivity index (χ3n) is 3.84. The van der Waals surface area contributed by atoms with Crippen molar-refractivity contribution in [1.29, 1.82) is 0 Å². The number of para-hydroxylation sites is 1. The fraction of sp³-hybridized carbons (Fsp3) is 0.167. The Bertz CT molecular complexity index is 757. The van der Waals surface area contributed by atoms with E-state index in [0.717, 1.165) is 5.69 Å². The summed E-state index contributed by atoms with van der Waals surface area (Å²) in [5.41, 5.74) is 1.78. The van der Waals surface area contributed by atoms with Crippen molar-refractivity contribution >= 4 is 34.9 Å². The molecule has 1 aliphatic heterocycles. The predicted molar refractivity (Wildman–Crippen MR) is 95.2 cm³/mol. The van der Waals surface area contributed by atoms with Gasteiger partial charge in [-0.3, -0.25) is 14.5 Å². The molecule has 0 atom stereocenters. The molecule has 24 heavy (non-hydrogen) atoms. The van der Waals surface area contributed by atoms with Crippen LogP contribution in [-0.2, 0) is 4.74 Å². The molecule has 0 aromatic heterocycles. The quantitative estimate of drug-likeness (QED) is 0.633. The first-order valence-corrected chi connectivity index (χ1v) is 7.91. The maximum absolute atomic E-state index is 12.2. The predicted octanol–water partition coefficient (Wildman–Crippen LogP) is 2.72. The molecule has 0 saturated heterocycles. The molecule has 2 aromatic carbocycles. The van der Waals surface area contributed by atoms with Gasteiger partial charge in [-0.25, -0.2) is 0 Å². The van der Waals surface area contributed by atoms with Crippen LogP contribution in [0.2, 0.25) is 0 Å². The molecule has 0 saturated carbocycles. The molecule has 1 heterocycles. The third-order valence-corrected chi connectivity index (χ3v) is 4.23. The summed E-state index contributed by atoms with van der Waals surface area (Å²) in [4.78, 5) is 27.4. The van der Waals surface area contributed by atoms with E-state index in [-0.39, 0.29) is 30.1 Å². The second-order valence-corrected chi connectivity index (χ2v) is 5.67. The zero-order valence-corrected chi connectivity index (χ0v) is 14.0. The number of thiocarbonyl (C=S) groups is 1. The van der Waals surface area contributed by atoms with Crippen LogP contribution in [0, 0.1) is 0 Å². The average Bonchev–Trinajstić information content (AvgIpc) is 2.87. The molecule has 5 nitrogen and oxygen atoms in total. The molecule has 0 unspecified atom stereocenters. The molecule has 0 aliphatic carbocycles. The number of carbonyl (C=O) groups excluding carboxylic acids is 2. The smallest absolute Gasteiger partial charge is 0.263 e. The summed E-state index contributed by atoms with van der Waals surface area (Å²) >= 11 is 5.24. The van der Waals surface area contributed by atoms with E-state index in [1.807, 2.05) is 30.3 Å². The lowest BCUT2D eigenvalue weighted by Gasteiger charge is -2.21. The summed E-state index contributed by atoms with van der Waals surface area (Å²) < 4.78 is 5.53. The van der Waals surface area contributed by atoms with Crippen molar-refractivity contribution < 1.29 is 14.3 Å². The van der Waals surface area contributed by atoms with Gasteiger partial charge in [-0.2, -0.15) is 0 Å². The van der Waals surface area contributed by atoms with Crippen molar-refractivity contribution in [3.05, 3.63) is 65.7 Å². The van der Waals surface area contributed by atoms with E-state index in [9.17, 15) is 9.59 Å². The lowest BCUT2D eigenvalue weighted by molar-refractivity contribution is 0.0628. The second kappa shape index (κ2) is 6.80. The van der Waals surface area contributed by atoms with E-state index < -0.39 is 0 Å². The van der Waals surface area contributed by atoms with Crippen molar-refractivity contribution in [2.24, 2.45) is 0 Å². The average molecular weight is 340 g/mol. The summed E-state index contributed by atoms with van der Waals surface area (Å²) in [5.74, 6) is -0.580. The number of benzene rings is 2. The summed E-state index contributed by atoms with van der Waals surface area (Å²) in [6.07, 6.45) is 0. The maximum Gasteiger partial charge on any atom is 0.263 e. The highest BCUT2D eigenvalue weighted by Crippen LogP contribution is 2.22. The monoisotopic (exact) mass is 340 g/mol. The molecule has 2 amide bonds. The van der Waals surface area contributed by atoms with Crippen LogP contribution in [0.4, 0.5) is 5.69 Å². The zero-order chi connectivity index (χ0) is 17.1. The summed E-state index contributed by atoms with van der Waals surface area (Å²) in [6.45, 7) is 0.316. The molecule has 0 N–H and O–H groups in total. The molecule has 0 bridgehead atoms. The van der Waals surface area contributed by atoms with Crippen LogP contribution in [0.5, 0.6) is 0 Å². The number of fused-ring (bicyclic) bond motifs is 1. The van der Waals surface area contributed by atoms with Gasteiger partial charge >= 0.3 is 0 Å².